The summed E-state index contributed by atoms with van der Waals surface area (Å²) in [5.41, 5.74) is 4.27. The van der Waals surface area contributed by atoms with Crippen molar-refractivity contribution in [3.63, 3.8) is 0 Å². The normalized spacial score (nSPS) is 10.2. The highest BCUT2D eigenvalue weighted by Crippen LogP contribution is 2.03. The first-order chi connectivity index (χ1) is 8.75. The molecule has 18 heavy (non-hydrogen) atoms. The first kappa shape index (κ1) is 12.3. The van der Waals surface area contributed by atoms with Gasteiger partial charge in [-0.15, -0.1) is 10.8 Å². The Labute approximate surface area is 107 Å². The number of allylic oxidation sites excluding steroid dienone is 1. The molecule has 1 heterocycles. The number of hydrogen-bond acceptors (Lipinski definition) is 3. The smallest absolute Gasteiger partial charge is 0.182 e. The van der Waals surface area contributed by atoms with Gasteiger partial charge in [0.05, 0.1) is 6.54 Å². The third kappa shape index (κ3) is 3.40. The zero-order valence-electron chi connectivity index (χ0n) is 10.6. The maximum atomic E-state index is 3.98. The Kier molecular flexibility index (Phi) is 4.05. The van der Waals surface area contributed by atoms with E-state index in [0.29, 0.717) is 12.5 Å². The third-order valence-corrected chi connectivity index (χ3v) is 2.38. The molecule has 1 aromatic carbocycles. The van der Waals surface area contributed by atoms with Gasteiger partial charge in [0.25, 0.3) is 0 Å². The number of aromatic nitrogens is 4. The molecular weight excluding hydrogens is 224 g/mol. The van der Waals surface area contributed by atoms with E-state index in [2.05, 4.69) is 47.2 Å². The molecule has 1 aromatic heterocycles. The van der Waals surface area contributed by atoms with Crippen LogP contribution in [0, 0.1) is 5.92 Å². The summed E-state index contributed by atoms with van der Waals surface area (Å²) in [6.45, 7) is 4.88. The summed E-state index contributed by atoms with van der Waals surface area (Å²) in [5.74, 6) is 1.19. The van der Waals surface area contributed by atoms with Crippen molar-refractivity contribution in [2.75, 3.05) is 0 Å². The summed E-state index contributed by atoms with van der Waals surface area (Å²) in [6.07, 6.45) is 3.80. The average Bonchev–Trinajstić information content (AvgIpc) is 2.78. The van der Waals surface area contributed by atoms with E-state index < -0.39 is 0 Å². The first-order valence-electron chi connectivity index (χ1n) is 5.98. The summed E-state index contributed by atoms with van der Waals surface area (Å²) >= 11 is 0. The molecule has 0 aliphatic carbocycles. The van der Waals surface area contributed by atoms with Crippen LogP contribution in [-0.2, 0) is 6.54 Å². The summed E-state index contributed by atoms with van der Waals surface area (Å²) in [6, 6.07) is 10.1. The lowest BCUT2D eigenvalue weighted by molar-refractivity contribution is 0.644. The van der Waals surface area contributed by atoms with Crippen molar-refractivity contribution < 1.29 is 0 Å². The Bertz CT molecular complexity index is 548. The number of tetrazole rings is 1. The standard InChI is InChI=1S/C14H16N4/c1-12(2)7-6-10-14-15-16-17-18(14)11-13-8-4-3-5-9-13/h3-5,7-10,12H,11H2,1-2H3. The number of benzene rings is 1. The van der Waals surface area contributed by atoms with Gasteiger partial charge in [-0.05, 0) is 28.0 Å². The van der Waals surface area contributed by atoms with Crippen molar-refractivity contribution in [3.8, 4) is 0 Å². The van der Waals surface area contributed by atoms with Gasteiger partial charge in [-0.2, -0.15) is 0 Å². The van der Waals surface area contributed by atoms with E-state index in [1.807, 2.05) is 30.4 Å². The van der Waals surface area contributed by atoms with Crippen LogP contribution in [0.15, 0.2) is 42.1 Å². The van der Waals surface area contributed by atoms with E-state index in [0.717, 1.165) is 5.82 Å². The summed E-state index contributed by atoms with van der Waals surface area (Å²) < 4.78 is 1.76. The number of nitrogens with zero attached hydrogens (tertiary/aromatic N) is 4. The van der Waals surface area contributed by atoms with E-state index in [-0.39, 0.29) is 0 Å². The monoisotopic (exact) mass is 240 g/mol. The Hall–Kier alpha value is -2.19. The molecule has 0 aliphatic rings. The van der Waals surface area contributed by atoms with Crippen molar-refractivity contribution in [2.45, 2.75) is 20.4 Å². The molecule has 2 rings (SSSR count). The van der Waals surface area contributed by atoms with Crippen LogP contribution >= 0.6 is 0 Å². The molecule has 0 N–H and O–H groups in total. The summed E-state index contributed by atoms with van der Waals surface area (Å²) in [5, 5.41) is 11.6. The first-order valence-corrected chi connectivity index (χ1v) is 5.98. The Balaban J connectivity index is 2.16. The Morgan fingerprint density at radius 1 is 1.28 bits per heavy atom. The minimum atomic E-state index is 0.472. The van der Waals surface area contributed by atoms with Crippen LogP contribution in [0.4, 0.5) is 0 Å². The minimum Gasteiger partial charge on any atom is -0.221 e. The number of hydrogen-bond donors (Lipinski definition) is 0. The van der Waals surface area contributed by atoms with Gasteiger partial charge in [0.15, 0.2) is 5.82 Å². The number of rotatable bonds is 4. The highest BCUT2D eigenvalue weighted by atomic mass is 15.5. The molecule has 4 nitrogen and oxygen atoms in total. The van der Waals surface area contributed by atoms with E-state index >= 15 is 0 Å². The molecule has 0 spiro atoms. The molecule has 0 radical (unpaired) electrons. The predicted molar refractivity (Wildman–Crippen MR) is 70.7 cm³/mol. The van der Waals surface area contributed by atoms with Crippen LogP contribution in [-0.4, -0.2) is 20.2 Å². The lowest BCUT2D eigenvalue weighted by Crippen LogP contribution is -2.04. The highest BCUT2D eigenvalue weighted by Gasteiger charge is 2.02. The molecule has 0 unspecified atom stereocenters. The molecule has 0 fully saturated rings. The molecule has 0 bridgehead atoms. The van der Waals surface area contributed by atoms with E-state index in [4.69, 9.17) is 0 Å². The van der Waals surface area contributed by atoms with Crippen molar-refractivity contribution in [3.05, 3.63) is 53.5 Å². The second kappa shape index (κ2) is 5.94. The molecule has 0 amide bonds. The molecule has 0 saturated carbocycles. The van der Waals surface area contributed by atoms with Gasteiger partial charge >= 0.3 is 0 Å². The molecule has 2 aromatic rings. The van der Waals surface area contributed by atoms with Gasteiger partial charge in [-0.3, -0.25) is 0 Å². The van der Waals surface area contributed by atoms with Crippen molar-refractivity contribution in [1.82, 2.24) is 20.2 Å². The van der Waals surface area contributed by atoms with Crippen LogP contribution < -0.4 is 0 Å². The fourth-order valence-corrected chi connectivity index (χ4v) is 1.50. The van der Waals surface area contributed by atoms with Gasteiger partial charge in [-0.1, -0.05) is 44.2 Å². The minimum absolute atomic E-state index is 0.472. The lowest BCUT2D eigenvalue weighted by atomic mass is 10.2. The SMILES string of the molecule is CC(C)C=C=Cc1nnnn1Cc1ccccc1. The molecule has 0 aliphatic heterocycles. The fraction of sp³-hybridized carbons (Fsp3) is 0.286. The van der Waals surface area contributed by atoms with E-state index in [1.54, 1.807) is 4.68 Å². The average molecular weight is 240 g/mol. The van der Waals surface area contributed by atoms with Crippen molar-refractivity contribution >= 4 is 6.08 Å². The predicted octanol–water partition coefficient (Wildman–Crippen LogP) is 2.55. The van der Waals surface area contributed by atoms with Crippen LogP contribution in [0.3, 0.4) is 0 Å². The molecule has 4 heteroatoms. The van der Waals surface area contributed by atoms with Crippen molar-refractivity contribution in [1.29, 1.82) is 0 Å². The van der Waals surface area contributed by atoms with E-state index in [1.165, 1.54) is 5.56 Å². The summed E-state index contributed by atoms with van der Waals surface area (Å²) in [4.78, 5) is 0. The van der Waals surface area contributed by atoms with Gasteiger partial charge in [-0.25, -0.2) is 4.68 Å². The third-order valence-electron chi connectivity index (χ3n) is 2.38. The van der Waals surface area contributed by atoms with Crippen LogP contribution in [0.1, 0.15) is 25.2 Å². The van der Waals surface area contributed by atoms with Crippen LogP contribution in [0.2, 0.25) is 0 Å². The largest absolute Gasteiger partial charge is 0.221 e. The fourth-order valence-electron chi connectivity index (χ4n) is 1.50. The van der Waals surface area contributed by atoms with Crippen LogP contribution in [0.5, 0.6) is 0 Å². The second-order valence-electron chi connectivity index (χ2n) is 4.40. The van der Waals surface area contributed by atoms with E-state index in [9.17, 15) is 0 Å². The molecule has 0 saturated heterocycles. The maximum Gasteiger partial charge on any atom is 0.182 e. The second-order valence-corrected chi connectivity index (χ2v) is 4.40. The zero-order valence-corrected chi connectivity index (χ0v) is 10.6. The molecule has 0 atom stereocenters. The maximum absolute atomic E-state index is 3.98. The van der Waals surface area contributed by atoms with Gasteiger partial charge in [0.1, 0.15) is 0 Å². The van der Waals surface area contributed by atoms with Gasteiger partial charge in [0, 0.05) is 6.08 Å². The molecular formula is C14H16N4. The van der Waals surface area contributed by atoms with Crippen LogP contribution in [0.25, 0.3) is 6.08 Å². The summed E-state index contributed by atoms with van der Waals surface area (Å²) in [7, 11) is 0. The zero-order chi connectivity index (χ0) is 12.8. The Morgan fingerprint density at radius 2 is 2.06 bits per heavy atom. The topological polar surface area (TPSA) is 43.6 Å². The van der Waals surface area contributed by atoms with Gasteiger partial charge in [0.2, 0.25) is 0 Å². The Morgan fingerprint density at radius 3 is 2.78 bits per heavy atom. The van der Waals surface area contributed by atoms with Gasteiger partial charge < -0.3 is 0 Å². The van der Waals surface area contributed by atoms with Crippen molar-refractivity contribution in [2.24, 2.45) is 5.92 Å². The molecule has 92 valence electrons. The lowest BCUT2D eigenvalue weighted by Gasteiger charge is -2.01. The highest BCUT2D eigenvalue weighted by molar-refractivity contribution is 5.38. The quantitative estimate of drug-likeness (QED) is 0.771.